The van der Waals surface area contributed by atoms with E-state index in [0.717, 1.165) is 26.0 Å². The molecule has 0 aliphatic rings. The third-order valence-electron chi connectivity index (χ3n) is 4.37. The fourth-order valence-corrected chi connectivity index (χ4v) is 3.19. The van der Waals surface area contributed by atoms with E-state index in [2.05, 4.69) is 50.8 Å². The van der Waals surface area contributed by atoms with E-state index in [1.165, 1.54) is 16.7 Å². The Kier molecular flexibility index (Phi) is 7.94. The minimum absolute atomic E-state index is 0.269. The van der Waals surface area contributed by atoms with Crippen molar-refractivity contribution in [3.05, 3.63) is 34.9 Å². The monoisotopic (exact) mass is 292 g/mol. The molecule has 0 spiro atoms. The summed E-state index contributed by atoms with van der Waals surface area (Å²) in [6, 6.07) is 7.50. The van der Waals surface area contributed by atoms with Crippen LogP contribution in [0, 0.1) is 13.8 Å². The molecule has 1 unspecified atom stereocenters. The Labute approximate surface area is 130 Å². The highest BCUT2D eigenvalue weighted by Gasteiger charge is 2.25. The van der Waals surface area contributed by atoms with E-state index in [1.54, 1.807) is 7.11 Å². The van der Waals surface area contributed by atoms with Gasteiger partial charge in [-0.1, -0.05) is 37.6 Å². The molecular formula is C18H32N2O. The van der Waals surface area contributed by atoms with Gasteiger partial charge in [-0.05, 0) is 37.8 Å². The molecule has 0 saturated heterocycles. The SMILES string of the molecule is CCC(CC)N(CCOC)C(CN)c1ccc(C)cc1C. The molecule has 120 valence electrons. The smallest absolute Gasteiger partial charge is 0.0590 e. The van der Waals surface area contributed by atoms with Crippen molar-refractivity contribution in [1.82, 2.24) is 4.90 Å². The molecule has 0 fully saturated rings. The van der Waals surface area contributed by atoms with Gasteiger partial charge in [0.2, 0.25) is 0 Å². The van der Waals surface area contributed by atoms with E-state index in [0.29, 0.717) is 12.6 Å². The van der Waals surface area contributed by atoms with Crippen LogP contribution >= 0.6 is 0 Å². The number of ether oxygens (including phenoxy) is 1. The van der Waals surface area contributed by atoms with Crippen LogP contribution in [-0.2, 0) is 4.74 Å². The Balaban J connectivity index is 3.09. The van der Waals surface area contributed by atoms with Gasteiger partial charge in [0.15, 0.2) is 0 Å². The molecule has 1 atom stereocenters. The second-order valence-electron chi connectivity index (χ2n) is 5.81. The molecular weight excluding hydrogens is 260 g/mol. The molecule has 0 amide bonds. The fraction of sp³-hybridized carbons (Fsp3) is 0.667. The molecule has 3 heteroatoms. The van der Waals surface area contributed by atoms with Crippen molar-refractivity contribution in [2.24, 2.45) is 5.73 Å². The van der Waals surface area contributed by atoms with E-state index in [4.69, 9.17) is 10.5 Å². The van der Waals surface area contributed by atoms with Gasteiger partial charge in [0.1, 0.15) is 0 Å². The standard InChI is InChI=1S/C18H32N2O/c1-6-16(7-2)20(10-11-21-5)18(13-19)17-9-8-14(3)12-15(17)4/h8-9,12,16,18H,6-7,10-11,13,19H2,1-5H3. The maximum absolute atomic E-state index is 6.15. The van der Waals surface area contributed by atoms with E-state index in [9.17, 15) is 0 Å². The van der Waals surface area contributed by atoms with Crippen LogP contribution in [0.3, 0.4) is 0 Å². The van der Waals surface area contributed by atoms with Gasteiger partial charge < -0.3 is 10.5 Å². The van der Waals surface area contributed by atoms with Crippen LogP contribution in [0.1, 0.15) is 49.4 Å². The van der Waals surface area contributed by atoms with Gasteiger partial charge >= 0.3 is 0 Å². The lowest BCUT2D eigenvalue weighted by atomic mass is 9.96. The summed E-state index contributed by atoms with van der Waals surface area (Å²) in [6.07, 6.45) is 2.28. The molecule has 1 rings (SSSR count). The van der Waals surface area contributed by atoms with Gasteiger partial charge in [-0.25, -0.2) is 0 Å². The Bertz CT molecular complexity index is 416. The zero-order valence-electron chi connectivity index (χ0n) is 14.4. The number of rotatable bonds is 9. The van der Waals surface area contributed by atoms with Crippen LogP contribution in [-0.4, -0.2) is 37.7 Å². The van der Waals surface area contributed by atoms with E-state index < -0.39 is 0 Å². The molecule has 0 aromatic heterocycles. The van der Waals surface area contributed by atoms with Crippen LogP contribution < -0.4 is 5.73 Å². The molecule has 1 aromatic rings. The average molecular weight is 292 g/mol. The van der Waals surface area contributed by atoms with Gasteiger partial charge in [0.25, 0.3) is 0 Å². The second kappa shape index (κ2) is 9.19. The largest absolute Gasteiger partial charge is 0.383 e. The summed E-state index contributed by atoms with van der Waals surface area (Å²) in [5.41, 5.74) is 10.1. The van der Waals surface area contributed by atoms with Crippen LogP contribution in [0.15, 0.2) is 18.2 Å². The maximum Gasteiger partial charge on any atom is 0.0590 e. The highest BCUT2D eigenvalue weighted by Crippen LogP contribution is 2.27. The summed E-state index contributed by atoms with van der Waals surface area (Å²) in [5.74, 6) is 0. The number of hydrogen-bond donors (Lipinski definition) is 1. The first kappa shape index (κ1) is 18.1. The molecule has 1 aromatic carbocycles. The molecule has 0 aliphatic heterocycles. The first-order valence-corrected chi connectivity index (χ1v) is 8.10. The highest BCUT2D eigenvalue weighted by molar-refractivity contribution is 5.33. The molecule has 2 N–H and O–H groups in total. The van der Waals surface area contributed by atoms with Crippen molar-refractivity contribution in [3.8, 4) is 0 Å². The number of benzene rings is 1. The number of hydrogen-bond acceptors (Lipinski definition) is 3. The van der Waals surface area contributed by atoms with Crippen LogP contribution in [0.4, 0.5) is 0 Å². The number of nitrogens with zero attached hydrogens (tertiary/aromatic N) is 1. The quantitative estimate of drug-likeness (QED) is 0.757. The van der Waals surface area contributed by atoms with Gasteiger partial charge in [-0.3, -0.25) is 4.90 Å². The first-order valence-electron chi connectivity index (χ1n) is 8.10. The average Bonchev–Trinajstić information content (AvgIpc) is 2.47. The van der Waals surface area contributed by atoms with Gasteiger partial charge in [0.05, 0.1) is 6.61 Å². The molecule has 0 radical (unpaired) electrons. The summed E-state index contributed by atoms with van der Waals surface area (Å²) < 4.78 is 5.31. The third-order valence-corrected chi connectivity index (χ3v) is 4.37. The van der Waals surface area contributed by atoms with Crippen LogP contribution in [0.25, 0.3) is 0 Å². The predicted octanol–water partition coefficient (Wildman–Crippen LogP) is 3.44. The predicted molar refractivity (Wildman–Crippen MR) is 90.7 cm³/mol. The Morgan fingerprint density at radius 1 is 1.19 bits per heavy atom. The Hall–Kier alpha value is -0.900. The summed E-state index contributed by atoms with van der Waals surface area (Å²) in [4.78, 5) is 2.53. The number of nitrogens with two attached hydrogens (primary N) is 1. The highest BCUT2D eigenvalue weighted by atomic mass is 16.5. The van der Waals surface area contributed by atoms with E-state index in [1.807, 2.05) is 0 Å². The maximum atomic E-state index is 6.15. The molecule has 0 bridgehead atoms. The molecule has 0 saturated carbocycles. The van der Waals surface area contributed by atoms with Crippen molar-refractivity contribution in [1.29, 1.82) is 0 Å². The minimum Gasteiger partial charge on any atom is -0.383 e. The Morgan fingerprint density at radius 2 is 1.86 bits per heavy atom. The van der Waals surface area contributed by atoms with Crippen molar-refractivity contribution in [3.63, 3.8) is 0 Å². The summed E-state index contributed by atoms with van der Waals surface area (Å²) in [7, 11) is 1.76. The van der Waals surface area contributed by atoms with Crippen molar-refractivity contribution >= 4 is 0 Å². The van der Waals surface area contributed by atoms with Gasteiger partial charge in [-0.15, -0.1) is 0 Å². The fourth-order valence-electron chi connectivity index (χ4n) is 3.19. The molecule has 0 heterocycles. The van der Waals surface area contributed by atoms with Gasteiger partial charge in [-0.2, -0.15) is 0 Å². The number of methoxy groups -OCH3 is 1. The normalized spacial score (nSPS) is 13.1. The molecule has 3 nitrogen and oxygen atoms in total. The summed E-state index contributed by atoms with van der Waals surface area (Å²) >= 11 is 0. The van der Waals surface area contributed by atoms with Crippen molar-refractivity contribution in [2.45, 2.75) is 52.6 Å². The van der Waals surface area contributed by atoms with Crippen LogP contribution in [0.2, 0.25) is 0 Å². The topological polar surface area (TPSA) is 38.5 Å². The van der Waals surface area contributed by atoms with Crippen LogP contribution in [0.5, 0.6) is 0 Å². The first-order chi connectivity index (χ1) is 10.1. The second-order valence-corrected chi connectivity index (χ2v) is 5.81. The van der Waals surface area contributed by atoms with Crippen molar-refractivity contribution < 1.29 is 4.74 Å². The zero-order chi connectivity index (χ0) is 15.8. The van der Waals surface area contributed by atoms with Crippen molar-refractivity contribution in [2.75, 3.05) is 26.8 Å². The summed E-state index contributed by atoms with van der Waals surface area (Å²) in [5, 5.41) is 0. The molecule has 0 aliphatic carbocycles. The lowest BCUT2D eigenvalue weighted by Gasteiger charge is -2.38. The van der Waals surface area contributed by atoms with E-state index in [-0.39, 0.29) is 6.04 Å². The molecule has 21 heavy (non-hydrogen) atoms. The lowest BCUT2D eigenvalue weighted by molar-refractivity contribution is 0.0815. The Morgan fingerprint density at radius 3 is 2.33 bits per heavy atom. The lowest BCUT2D eigenvalue weighted by Crippen LogP contribution is -2.43. The summed E-state index contributed by atoms with van der Waals surface area (Å²) in [6.45, 7) is 11.2. The number of aryl methyl sites for hydroxylation is 2. The van der Waals surface area contributed by atoms with E-state index >= 15 is 0 Å². The third kappa shape index (κ3) is 4.80. The minimum atomic E-state index is 0.269. The van der Waals surface area contributed by atoms with Gasteiger partial charge in [0, 0.05) is 32.3 Å². The zero-order valence-corrected chi connectivity index (χ0v) is 14.4.